The van der Waals surface area contributed by atoms with Crippen molar-refractivity contribution in [3.05, 3.63) is 33.9 Å². The van der Waals surface area contributed by atoms with Gasteiger partial charge >= 0.3 is 0 Å². The maximum absolute atomic E-state index is 11.2. The lowest BCUT2D eigenvalue weighted by molar-refractivity contribution is -0.384. The predicted molar refractivity (Wildman–Crippen MR) is 73.5 cm³/mol. The summed E-state index contributed by atoms with van der Waals surface area (Å²) in [6, 6.07) is 4.73. The van der Waals surface area contributed by atoms with Crippen LogP contribution in [0.25, 0.3) is 0 Å². The van der Waals surface area contributed by atoms with Crippen molar-refractivity contribution in [3.8, 4) is 0 Å². The highest BCUT2D eigenvalue weighted by atomic mass is 16.6. The van der Waals surface area contributed by atoms with Crippen LogP contribution in [0, 0.1) is 17.0 Å². The van der Waals surface area contributed by atoms with Crippen LogP contribution in [-0.4, -0.2) is 23.8 Å². The Kier molecular flexibility index (Phi) is 4.14. The van der Waals surface area contributed by atoms with Crippen LogP contribution in [0.5, 0.6) is 0 Å². The van der Waals surface area contributed by atoms with Gasteiger partial charge in [-0.05, 0) is 31.4 Å². The summed E-state index contributed by atoms with van der Waals surface area (Å²) in [6.07, 6.45) is 5.10. The van der Waals surface area contributed by atoms with Crippen molar-refractivity contribution in [1.82, 2.24) is 0 Å². The maximum Gasteiger partial charge on any atom is 0.269 e. The van der Waals surface area contributed by atoms with E-state index in [9.17, 15) is 14.9 Å². The Labute approximate surface area is 112 Å². The molecule has 102 valence electrons. The van der Waals surface area contributed by atoms with Gasteiger partial charge in [0.2, 0.25) is 0 Å². The van der Waals surface area contributed by atoms with Gasteiger partial charge in [0.15, 0.2) is 0 Å². The van der Waals surface area contributed by atoms with E-state index in [2.05, 4.69) is 4.90 Å². The molecule has 1 aromatic carbocycles. The number of nitro benzene ring substituents is 1. The number of carbonyl (C=O) groups excluding carboxylic acids is 1. The molecule has 0 amide bonds. The van der Waals surface area contributed by atoms with E-state index in [0.717, 1.165) is 49.8 Å². The third-order valence-electron chi connectivity index (χ3n) is 3.66. The largest absolute Gasteiger partial charge is 0.362 e. The molecule has 1 heterocycles. The van der Waals surface area contributed by atoms with Gasteiger partial charge in [-0.1, -0.05) is 12.8 Å². The van der Waals surface area contributed by atoms with E-state index in [1.165, 1.54) is 6.07 Å². The van der Waals surface area contributed by atoms with Gasteiger partial charge in [0, 0.05) is 24.4 Å². The van der Waals surface area contributed by atoms with Crippen molar-refractivity contribution in [3.63, 3.8) is 0 Å². The standard InChI is InChI=1S/C14H18N2O3/c1-11-9-12(16(18)19)6-7-14(11)15-8-4-2-3-5-13(15)10-17/h6-7,9-10,13H,2-5,8H2,1H3. The first-order chi connectivity index (χ1) is 9.13. The molecule has 2 rings (SSSR count). The van der Waals surface area contributed by atoms with Gasteiger partial charge in [-0.3, -0.25) is 10.1 Å². The smallest absolute Gasteiger partial charge is 0.269 e. The first-order valence-electron chi connectivity index (χ1n) is 6.60. The highest BCUT2D eigenvalue weighted by Crippen LogP contribution is 2.29. The van der Waals surface area contributed by atoms with Crippen LogP contribution in [0.4, 0.5) is 11.4 Å². The number of anilines is 1. The maximum atomic E-state index is 11.2. The fourth-order valence-corrected chi connectivity index (χ4v) is 2.65. The summed E-state index contributed by atoms with van der Waals surface area (Å²) < 4.78 is 0. The van der Waals surface area contributed by atoms with Gasteiger partial charge in [0.05, 0.1) is 11.0 Å². The van der Waals surface area contributed by atoms with Gasteiger partial charge in [0.1, 0.15) is 6.29 Å². The average Bonchev–Trinajstić information content (AvgIpc) is 2.63. The molecular weight excluding hydrogens is 244 g/mol. The monoisotopic (exact) mass is 262 g/mol. The van der Waals surface area contributed by atoms with Crippen LogP contribution in [0.3, 0.4) is 0 Å². The predicted octanol–water partition coefficient (Wildman–Crippen LogP) is 2.85. The van der Waals surface area contributed by atoms with Crippen molar-refractivity contribution in [2.75, 3.05) is 11.4 Å². The lowest BCUT2D eigenvalue weighted by Crippen LogP contribution is -2.36. The number of nitrogens with zero attached hydrogens (tertiary/aromatic N) is 2. The van der Waals surface area contributed by atoms with E-state index in [-0.39, 0.29) is 11.7 Å². The summed E-state index contributed by atoms with van der Waals surface area (Å²) in [5.74, 6) is 0. The van der Waals surface area contributed by atoms with Crippen LogP contribution in [0.1, 0.15) is 31.2 Å². The first-order valence-corrected chi connectivity index (χ1v) is 6.60. The van der Waals surface area contributed by atoms with E-state index in [4.69, 9.17) is 0 Å². The van der Waals surface area contributed by atoms with Crippen LogP contribution in [-0.2, 0) is 4.79 Å². The van der Waals surface area contributed by atoms with Crippen LogP contribution < -0.4 is 4.90 Å². The number of aldehydes is 1. The minimum Gasteiger partial charge on any atom is -0.362 e. The molecule has 0 spiro atoms. The van der Waals surface area contributed by atoms with Crippen molar-refractivity contribution in [2.45, 2.75) is 38.6 Å². The quantitative estimate of drug-likeness (QED) is 0.477. The number of nitro groups is 1. The molecule has 5 nitrogen and oxygen atoms in total. The van der Waals surface area contributed by atoms with Crippen molar-refractivity contribution >= 4 is 17.7 Å². The lowest BCUT2D eigenvalue weighted by Gasteiger charge is -2.29. The third kappa shape index (κ3) is 2.92. The van der Waals surface area contributed by atoms with Crippen LogP contribution in [0.2, 0.25) is 0 Å². The number of benzene rings is 1. The number of aryl methyl sites for hydroxylation is 1. The molecule has 19 heavy (non-hydrogen) atoms. The number of rotatable bonds is 3. The Hall–Kier alpha value is -1.91. The second kappa shape index (κ2) is 5.82. The second-order valence-corrected chi connectivity index (χ2v) is 4.97. The molecule has 1 atom stereocenters. The number of non-ortho nitro benzene ring substituents is 1. The summed E-state index contributed by atoms with van der Waals surface area (Å²) >= 11 is 0. The van der Waals surface area contributed by atoms with Gasteiger partial charge < -0.3 is 9.69 Å². The van der Waals surface area contributed by atoms with Gasteiger partial charge in [-0.2, -0.15) is 0 Å². The molecule has 1 fully saturated rings. The van der Waals surface area contributed by atoms with Crippen molar-refractivity contribution < 1.29 is 9.72 Å². The van der Waals surface area contributed by atoms with Gasteiger partial charge in [-0.15, -0.1) is 0 Å². The van der Waals surface area contributed by atoms with Crippen molar-refractivity contribution in [2.24, 2.45) is 0 Å². The zero-order valence-corrected chi connectivity index (χ0v) is 11.0. The van der Waals surface area contributed by atoms with Crippen LogP contribution >= 0.6 is 0 Å². The highest BCUT2D eigenvalue weighted by Gasteiger charge is 2.22. The zero-order chi connectivity index (χ0) is 13.8. The highest BCUT2D eigenvalue weighted by molar-refractivity contribution is 5.68. The van der Waals surface area contributed by atoms with Crippen LogP contribution in [0.15, 0.2) is 18.2 Å². The van der Waals surface area contributed by atoms with E-state index in [0.29, 0.717) is 0 Å². The normalized spacial score (nSPS) is 19.8. The average molecular weight is 262 g/mol. The van der Waals surface area contributed by atoms with E-state index >= 15 is 0 Å². The summed E-state index contributed by atoms with van der Waals surface area (Å²) in [4.78, 5) is 23.7. The summed E-state index contributed by atoms with van der Waals surface area (Å²) in [5.41, 5.74) is 1.88. The summed E-state index contributed by atoms with van der Waals surface area (Å²) in [7, 11) is 0. The molecule has 0 aromatic heterocycles. The Morgan fingerprint density at radius 2 is 2.16 bits per heavy atom. The number of hydrogen-bond acceptors (Lipinski definition) is 4. The van der Waals surface area contributed by atoms with Gasteiger partial charge in [0.25, 0.3) is 5.69 Å². The molecule has 5 heteroatoms. The summed E-state index contributed by atoms with van der Waals surface area (Å²) in [5, 5.41) is 10.8. The third-order valence-corrected chi connectivity index (χ3v) is 3.66. The fourth-order valence-electron chi connectivity index (χ4n) is 2.65. The van der Waals surface area contributed by atoms with E-state index < -0.39 is 4.92 Å². The topological polar surface area (TPSA) is 63.5 Å². The number of carbonyl (C=O) groups is 1. The Bertz CT molecular complexity index is 488. The second-order valence-electron chi connectivity index (χ2n) is 4.97. The SMILES string of the molecule is Cc1cc([N+](=O)[O-])ccc1N1CCCCCC1C=O. The molecule has 1 aliphatic heterocycles. The summed E-state index contributed by atoms with van der Waals surface area (Å²) in [6.45, 7) is 2.69. The van der Waals surface area contributed by atoms with E-state index in [1.54, 1.807) is 12.1 Å². The lowest BCUT2D eigenvalue weighted by atomic mass is 10.1. The van der Waals surface area contributed by atoms with E-state index in [1.807, 2.05) is 6.92 Å². The first kappa shape index (κ1) is 13.5. The molecule has 0 bridgehead atoms. The molecule has 0 saturated carbocycles. The molecule has 0 radical (unpaired) electrons. The molecule has 1 unspecified atom stereocenters. The van der Waals surface area contributed by atoms with Crippen molar-refractivity contribution in [1.29, 1.82) is 0 Å². The molecule has 0 N–H and O–H groups in total. The molecule has 0 aliphatic carbocycles. The zero-order valence-electron chi connectivity index (χ0n) is 11.0. The molecule has 1 aliphatic rings. The Morgan fingerprint density at radius 3 is 2.79 bits per heavy atom. The molecule has 1 aromatic rings. The molecule has 1 saturated heterocycles. The molecular formula is C14H18N2O3. The Balaban J connectivity index is 2.33. The fraction of sp³-hybridized carbons (Fsp3) is 0.500. The number of hydrogen-bond donors (Lipinski definition) is 0. The Morgan fingerprint density at radius 1 is 1.37 bits per heavy atom. The van der Waals surface area contributed by atoms with Gasteiger partial charge in [-0.25, -0.2) is 0 Å². The minimum absolute atomic E-state index is 0.0960. The minimum atomic E-state index is -0.392.